The van der Waals surface area contributed by atoms with Crippen LogP contribution in [0, 0.1) is 5.82 Å². The number of aromatic nitrogens is 3. The Morgan fingerprint density at radius 3 is 2.00 bits per heavy atom. The van der Waals surface area contributed by atoms with Gasteiger partial charge in [0.05, 0.1) is 22.9 Å². The molecule has 1 N–H and O–H groups in total. The number of carbonyl (C=O) groups excluding carboxylic acids is 1. The van der Waals surface area contributed by atoms with E-state index < -0.39 is 46.8 Å². The molecule has 0 aliphatic rings. The number of pyridine rings is 1. The van der Waals surface area contributed by atoms with Gasteiger partial charge in [0.15, 0.2) is 5.82 Å². The topological polar surface area (TPSA) is 67.8 Å². The lowest BCUT2D eigenvalue weighted by molar-refractivity contribution is -0.143. The Labute approximate surface area is 176 Å². The van der Waals surface area contributed by atoms with E-state index in [2.05, 4.69) is 20.3 Å². The minimum atomic E-state index is -5.10. The number of benzene rings is 1. The summed E-state index contributed by atoms with van der Waals surface area (Å²) in [5.41, 5.74) is -4.31. The molecule has 168 valence electrons. The van der Waals surface area contributed by atoms with Gasteiger partial charge in [-0.15, -0.1) is 0 Å². The number of hydrogen-bond donors (Lipinski definition) is 1. The first-order valence-electron chi connectivity index (χ1n) is 8.90. The third-order valence-electron chi connectivity index (χ3n) is 4.32. The number of carbonyl (C=O) groups is 1. The average Bonchev–Trinajstić information content (AvgIpc) is 2.72. The molecule has 0 aliphatic heterocycles. The summed E-state index contributed by atoms with van der Waals surface area (Å²) in [7, 11) is 0. The minimum absolute atomic E-state index is 0.0153. The molecule has 0 radical (unpaired) electrons. The SMILES string of the molecule is CC(NC(=O)c1cc(C(F)(F)F)cc(C(F)(F)F)c1)c1nccnc1-c1ncccc1F. The molecule has 0 saturated heterocycles. The number of rotatable bonds is 4. The Morgan fingerprint density at radius 2 is 1.44 bits per heavy atom. The van der Waals surface area contributed by atoms with E-state index in [0.29, 0.717) is 12.1 Å². The summed E-state index contributed by atoms with van der Waals surface area (Å²) in [6.45, 7) is 1.37. The van der Waals surface area contributed by atoms with Crippen LogP contribution in [0.4, 0.5) is 30.7 Å². The summed E-state index contributed by atoms with van der Waals surface area (Å²) in [5.74, 6) is -1.95. The molecule has 1 unspecified atom stereocenters. The van der Waals surface area contributed by atoms with Crippen LogP contribution in [0.25, 0.3) is 11.4 Å². The monoisotopic (exact) mass is 458 g/mol. The highest BCUT2D eigenvalue weighted by Crippen LogP contribution is 2.36. The van der Waals surface area contributed by atoms with Crippen LogP contribution in [0.15, 0.2) is 48.9 Å². The molecule has 0 spiro atoms. The normalized spacial score (nSPS) is 13.0. The van der Waals surface area contributed by atoms with Crippen molar-refractivity contribution >= 4 is 5.91 Å². The van der Waals surface area contributed by atoms with E-state index in [1.54, 1.807) is 0 Å². The quantitative estimate of drug-likeness (QED) is 0.546. The second kappa shape index (κ2) is 8.52. The fraction of sp³-hybridized carbons (Fsp3) is 0.200. The van der Waals surface area contributed by atoms with Crippen LogP contribution >= 0.6 is 0 Å². The number of nitrogens with zero attached hydrogens (tertiary/aromatic N) is 3. The molecule has 12 heteroatoms. The molecule has 0 fully saturated rings. The number of halogens is 7. The second-order valence-corrected chi connectivity index (χ2v) is 6.61. The summed E-state index contributed by atoms with van der Waals surface area (Å²) in [6.07, 6.45) is -6.44. The van der Waals surface area contributed by atoms with E-state index in [1.165, 1.54) is 31.6 Å². The zero-order chi connectivity index (χ0) is 23.7. The van der Waals surface area contributed by atoms with Crippen LogP contribution < -0.4 is 5.32 Å². The standard InChI is InChI=1S/C20H13F7N4O/c1-10(15-17(30-6-5-29-15)16-14(21)3-2-4-28-16)31-18(32)11-7-12(19(22,23)24)9-13(8-11)20(25,26)27/h2-10H,1H3,(H,31,32). The highest BCUT2D eigenvalue weighted by molar-refractivity contribution is 5.95. The van der Waals surface area contributed by atoms with Crippen LogP contribution in [0.1, 0.15) is 40.1 Å². The van der Waals surface area contributed by atoms with Crippen LogP contribution in [0.2, 0.25) is 0 Å². The third kappa shape index (κ3) is 5.01. The summed E-state index contributed by atoms with van der Waals surface area (Å²) < 4.78 is 92.4. The van der Waals surface area contributed by atoms with E-state index in [-0.39, 0.29) is 23.1 Å². The Bertz CT molecular complexity index is 1110. The average molecular weight is 458 g/mol. The first-order chi connectivity index (χ1) is 14.9. The smallest absolute Gasteiger partial charge is 0.344 e. The summed E-state index contributed by atoms with van der Waals surface area (Å²) >= 11 is 0. The number of alkyl halides is 6. The molecule has 2 heterocycles. The van der Waals surface area contributed by atoms with E-state index in [1.807, 2.05) is 0 Å². The fourth-order valence-electron chi connectivity index (χ4n) is 2.84. The van der Waals surface area contributed by atoms with Gasteiger partial charge in [-0.3, -0.25) is 19.7 Å². The second-order valence-electron chi connectivity index (χ2n) is 6.61. The van der Waals surface area contributed by atoms with Gasteiger partial charge in [0.2, 0.25) is 0 Å². The van der Waals surface area contributed by atoms with Crippen LogP contribution in [0.5, 0.6) is 0 Å². The van der Waals surface area contributed by atoms with Gasteiger partial charge in [0, 0.05) is 24.2 Å². The van der Waals surface area contributed by atoms with Crippen molar-refractivity contribution in [2.24, 2.45) is 0 Å². The molecule has 2 aromatic heterocycles. The maximum atomic E-state index is 14.1. The van der Waals surface area contributed by atoms with Crippen molar-refractivity contribution in [1.82, 2.24) is 20.3 Å². The number of nitrogens with one attached hydrogen (secondary N) is 1. The Hall–Kier alpha value is -3.57. The molecular formula is C20H13F7N4O. The van der Waals surface area contributed by atoms with E-state index >= 15 is 0 Å². The largest absolute Gasteiger partial charge is 0.416 e. The maximum Gasteiger partial charge on any atom is 0.416 e. The van der Waals surface area contributed by atoms with Gasteiger partial charge in [-0.05, 0) is 37.3 Å². The predicted molar refractivity (Wildman–Crippen MR) is 97.5 cm³/mol. The molecule has 0 saturated carbocycles. The number of amides is 1. The van der Waals surface area contributed by atoms with E-state index in [4.69, 9.17) is 0 Å². The molecule has 1 amide bonds. The minimum Gasteiger partial charge on any atom is -0.344 e. The van der Waals surface area contributed by atoms with Crippen LogP contribution in [-0.2, 0) is 12.4 Å². The van der Waals surface area contributed by atoms with Crippen molar-refractivity contribution in [2.75, 3.05) is 0 Å². The molecule has 32 heavy (non-hydrogen) atoms. The Kier molecular flexibility index (Phi) is 6.15. The van der Waals surface area contributed by atoms with Crippen molar-refractivity contribution in [2.45, 2.75) is 25.3 Å². The molecule has 1 atom stereocenters. The van der Waals surface area contributed by atoms with Gasteiger partial charge >= 0.3 is 12.4 Å². The van der Waals surface area contributed by atoms with Gasteiger partial charge in [0.25, 0.3) is 5.91 Å². The zero-order valence-electron chi connectivity index (χ0n) is 16.1. The van der Waals surface area contributed by atoms with Gasteiger partial charge in [-0.2, -0.15) is 26.3 Å². The zero-order valence-corrected chi connectivity index (χ0v) is 16.1. The predicted octanol–water partition coefficient (Wildman–Crippen LogP) is 5.21. The lowest BCUT2D eigenvalue weighted by atomic mass is 10.0. The summed E-state index contributed by atoms with van der Waals surface area (Å²) in [4.78, 5) is 24.4. The lowest BCUT2D eigenvalue weighted by Gasteiger charge is -2.18. The molecule has 3 aromatic rings. The molecule has 0 bridgehead atoms. The highest BCUT2D eigenvalue weighted by Gasteiger charge is 2.37. The Balaban J connectivity index is 1.96. The first kappa shape index (κ1) is 23.1. The van der Waals surface area contributed by atoms with Crippen molar-refractivity contribution in [1.29, 1.82) is 0 Å². The molecule has 5 nitrogen and oxygen atoms in total. The van der Waals surface area contributed by atoms with Crippen molar-refractivity contribution in [3.8, 4) is 11.4 Å². The molecule has 1 aromatic carbocycles. The molecular weight excluding hydrogens is 445 g/mol. The third-order valence-corrected chi connectivity index (χ3v) is 4.32. The Morgan fingerprint density at radius 1 is 0.875 bits per heavy atom. The highest BCUT2D eigenvalue weighted by atomic mass is 19.4. The summed E-state index contributed by atoms with van der Waals surface area (Å²) in [6, 6.07) is 1.94. The van der Waals surface area contributed by atoms with Crippen molar-refractivity contribution in [3.05, 3.63) is 77.1 Å². The summed E-state index contributed by atoms with van der Waals surface area (Å²) in [5, 5.41) is 2.27. The number of hydrogen-bond acceptors (Lipinski definition) is 4. The van der Waals surface area contributed by atoms with Gasteiger partial charge < -0.3 is 5.32 Å². The first-order valence-corrected chi connectivity index (χ1v) is 8.90. The van der Waals surface area contributed by atoms with Gasteiger partial charge in [0.1, 0.15) is 11.4 Å². The lowest BCUT2D eigenvalue weighted by Crippen LogP contribution is -2.28. The van der Waals surface area contributed by atoms with Crippen LogP contribution in [0.3, 0.4) is 0 Å². The molecule has 3 rings (SSSR count). The van der Waals surface area contributed by atoms with E-state index in [9.17, 15) is 35.5 Å². The molecule has 0 aliphatic carbocycles. The van der Waals surface area contributed by atoms with Crippen molar-refractivity contribution in [3.63, 3.8) is 0 Å². The fourth-order valence-corrected chi connectivity index (χ4v) is 2.84. The van der Waals surface area contributed by atoms with E-state index in [0.717, 1.165) is 6.07 Å². The van der Waals surface area contributed by atoms with Gasteiger partial charge in [-0.25, -0.2) is 4.39 Å². The van der Waals surface area contributed by atoms with Crippen LogP contribution in [-0.4, -0.2) is 20.9 Å². The van der Waals surface area contributed by atoms with Crippen molar-refractivity contribution < 1.29 is 35.5 Å². The maximum absolute atomic E-state index is 14.1. The van der Waals surface area contributed by atoms with Gasteiger partial charge in [-0.1, -0.05) is 0 Å².